The number of carbonyl (C=O) groups is 1. The summed E-state index contributed by atoms with van der Waals surface area (Å²) >= 11 is 1.13. The van der Waals surface area contributed by atoms with E-state index in [0.29, 0.717) is 36.6 Å². The van der Waals surface area contributed by atoms with Gasteiger partial charge in [-0.3, -0.25) is 4.79 Å². The highest BCUT2D eigenvalue weighted by molar-refractivity contribution is 7.91. The van der Waals surface area contributed by atoms with Crippen LogP contribution in [0.3, 0.4) is 0 Å². The Morgan fingerprint density at radius 3 is 3.00 bits per heavy atom. The van der Waals surface area contributed by atoms with E-state index in [0.717, 1.165) is 11.3 Å². The van der Waals surface area contributed by atoms with Crippen molar-refractivity contribution in [3.63, 3.8) is 0 Å². The number of rotatable bonds is 5. The molecule has 1 fully saturated rings. The fraction of sp³-hybridized carbons (Fsp3) is 0.467. The van der Waals surface area contributed by atoms with E-state index in [2.05, 4.69) is 5.16 Å². The number of piperidine rings is 1. The van der Waals surface area contributed by atoms with Crippen LogP contribution in [0.1, 0.15) is 19.8 Å². The maximum atomic E-state index is 12.8. The van der Waals surface area contributed by atoms with Crippen LogP contribution in [-0.2, 0) is 19.6 Å². The van der Waals surface area contributed by atoms with Gasteiger partial charge in [-0.1, -0.05) is 5.16 Å². The minimum Gasteiger partial charge on any atom is -0.466 e. The molecule has 1 saturated heterocycles. The van der Waals surface area contributed by atoms with Crippen molar-refractivity contribution in [2.75, 3.05) is 19.7 Å². The number of hydrogen-bond donors (Lipinski definition) is 0. The maximum absolute atomic E-state index is 12.8. The van der Waals surface area contributed by atoms with Crippen LogP contribution < -0.4 is 0 Å². The third kappa shape index (κ3) is 3.38. The predicted molar refractivity (Wildman–Crippen MR) is 87.9 cm³/mol. The van der Waals surface area contributed by atoms with Gasteiger partial charge in [0.1, 0.15) is 4.21 Å². The molecule has 3 rings (SSSR count). The van der Waals surface area contributed by atoms with Gasteiger partial charge in [0.15, 0.2) is 5.76 Å². The second-order valence-corrected chi connectivity index (χ2v) is 8.70. The van der Waals surface area contributed by atoms with Gasteiger partial charge in [-0.05, 0) is 31.9 Å². The average Bonchev–Trinajstić information content (AvgIpc) is 3.26. The second-order valence-electron chi connectivity index (χ2n) is 5.45. The Morgan fingerprint density at radius 1 is 1.46 bits per heavy atom. The van der Waals surface area contributed by atoms with Gasteiger partial charge < -0.3 is 9.26 Å². The number of esters is 1. The zero-order valence-electron chi connectivity index (χ0n) is 13.2. The molecule has 1 aliphatic rings. The fourth-order valence-corrected chi connectivity index (χ4v) is 5.62. The third-order valence-electron chi connectivity index (χ3n) is 3.86. The summed E-state index contributed by atoms with van der Waals surface area (Å²) in [5.41, 5.74) is 0. The van der Waals surface area contributed by atoms with Gasteiger partial charge in [-0.15, -0.1) is 11.3 Å². The average molecular weight is 370 g/mol. The number of thiophene rings is 1. The highest BCUT2D eigenvalue weighted by Crippen LogP contribution is 2.33. The van der Waals surface area contributed by atoms with E-state index in [1.165, 1.54) is 10.5 Å². The normalized spacial score (nSPS) is 19.3. The standard InChI is InChI=1S/C15H18N2O5S2/c1-2-21-15(18)11-4-3-9-17(10-11)24(19,20)14-6-5-13(23-14)12-7-8-16-22-12/h5-8,11H,2-4,9-10H2,1H3. The second kappa shape index (κ2) is 7.04. The molecule has 1 atom stereocenters. The van der Waals surface area contributed by atoms with E-state index in [-0.39, 0.29) is 16.7 Å². The molecule has 3 heterocycles. The van der Waals surface area contributed by atoms with Crippen LogP contribution in [0, 0.1) is 5.92 Å². The highest BCUT2D eigenvalue weighted by atomic mass is 32.2. The van der Waals surface area contributed by atoms with Gasteiger partial charge in [0, 0.05) is 19.2 Å². The lowest BCUT2D eigenvalue weighted by atomic mass is 10.0. The van der Waals surface area contributed by atoms with E-state index in [4.69, 9.17) is 9.26 Å². The molecule has 2 aromatic rings. The molecule has 2 aromatic heterocycles. The molecule has 0 amide bonds. The number of carbonyl (C=O) groups excluding carboxylic acids is 1. The number of hydrogen-bond acceptors (Lipinski definition) is 7. The first-order chi connectivity index (χ1) is 11.5. The third-order valence-corrected chi connectivity index (χ3v) is 7.29. The number of ether oxygens (including phenoxy) is 1. The van der Waals surface area contributed by atoms with Gasteiger partial charge >= 0.3 is 5.97 Å². The maximum Gasteiger partial charge on any atom is 0.310 e. The Labute approximate surface area is 144 Å². The van der Waals surface area contributed by atoms with Crippen LogP contribution in [-0.4, -0.2) is 43.5 Å². The smallest absolute Gasteiger partial charge is 0.310 e. The van der Waals surface area contributed by atoms with Gasteiger partial charge in [0.25, 0.3) is 10.0 Å². The van der Waals surface area contributed by atoms with Crippen molar-refractivity contribution in [1.82, 2.24) is 9.46 Å². The van der Waals surface area contributed by atoms with Gasteiger partial charge in [0.05, 0.1) is 23.6 Å². The van der Waals surface area contributed by atoms with Crippen molar-refractivity contribution in [1.29, 1.82) is 0 Å². The summed E-state index contributed by atoms with van der Waals surface area (Å²) in [5.74, 6) is -0.197. The first kappa shape index (κ1) is 17.1. The molecular formula is C15H18N2O5S2. The van der Waals surface area contributed by atoms with Crippen molar-refractivity contribution < 1.29 is 22.5 Å². The number of sulfonamides is 1. The highest BCUT2D eigenvalue weighted by Gasteiger charge is 2.34. The first-order valence-electron chi connectivity index (χ1n) is 7.70. The van der Waals surface area contributed by atoms with Crippen molar-refractivity contribution in [2.24, 2.45) is 5.92 Å². The van der Waals surface area contributed by atoms with Crippen molar-refractivity contribution >= 4 is 27.3 Å². The Hall–Kier alpha value is -1.71. The summed E-state index contributed by atoms with van der Waals surface area (Å²) in [7, 11) is -3.63. The molecule has 0 saturated carbocycles. The van der Waals surface area contributed by atoms with Gasteiger partial charge in [-0.25, -0.2) is 8.42 Å². The minimum atomic E-state index is -3.63. The van der Waals surface area contributed by atoms with Crippen molar-refractivity contribution in [3.05, 3.63) is 24.4 Å². The van der Waals surface area contributed by atoms with E-state index in [1.807, 2.05) is 0 Å². The van der Waals surface area contributed by atoms with E-state index in [9.17, 15) is 13.2 Å². The van der Waals surface area contributed by atoms with Crippen molar-refractivity contribution in [3.8, 4) is 10.6 Å². The van der Waals surface area contributed by atoms with Crippen molar-refractivity contribution in [2.45, 2.75) is 24.0 Å². The molecule has 0 bridgehead atoms. The van der Waals surface area contributed by atoms with Gasteiger partial charge in [-0.2, -0.15) is 4.31 Å². The number of aromatic nitrogens is 1. The Balaban J connectivity index is 1.79. The predicted octanol–water partition coefficient (Wildman–Crippen LogP) is 2.37. The van der Waals surface area contributed by atoms with Crippen LogP contribution in [0.4, 0.5) is 0 Å². The summed E-state index contributed by atoms with van der Waals surface area (Å²) in [6, 6.07) is 4.94. The zero-order chi connectivity index (χ0) is 17.2. The minimum absolute atomic E-state index is 0.163. The Kier molecular flexibility index (Phi) is 5.02. The zero-order valence-corrected chi connectivity index (χ0v) is 14.8. The molecule has 0 N–H and O–H groups in total. The van der Waals surface area contributed by atoms with Gasteiger partial charge in [0.2, 0.25) is 0 Å². The molecule has 9 heteroatoms. The Morgan fingerprint density at radius 2 is 2.29 bits per heavy atom. The van der Waals surface area contributed by atoms with E-state index in [1.54, 1.807) is 25.1 Å². The molecule has 130 valence electrons. The van der Waals surface area contributed by atoms with Crippen LogP contribution in [0.2, 0.25) is 0 Å². The molecule has 1 unspecified atom stereocenters. The lowest BCUT2D eigenvalue weighted by Gasteiger charge is -2.30. The molecule has 0 radical (unpaired) electrons. The summed E-state index contributed by atoms with van der Waals surface area (Å²) in [4.78, 5) is 12.6. The quantitative estimate of drug-likeness (QED) is 0.751. The summed E-state index contributed by atoms with van der Waals surface area (Å²) in [5, 5.41) is 3.63. The number of nitrogens with zero attached hydrogens (tertiary/aromatic N) is 2. The largest absolute Gasteiger partial charge is 0.466 e. The van der Waals surface area contributed by atoms with Crippen LogP contribution in [0.25, 0.3) is 10.6 Å². The SMILES string of the molecule is CCOC(=O)C1CCCN(S(=O)(=O)c2ccc(-c3ccno3)s2)C1. The van der Waals surface area contributed by atoms with E-state index >= 15 is 0 Å². The molecule has 1 aliphatic heterocycles. The fourth-order valence-electron chi connectivity index (χ4n) is 2.67. The summed E-state index contributed by atoms with van der Waals surface area (Å²) < 4.78 is 37.4. The lowest BCUT2D eigenvalue weighted by Crippen LogP contribution is -2.42. The molecule has 0 spiro atoms. The van der Waals surface area contributed by atoms with Crippen LogP contribution in [0.5, 0.6) is 0 Å². The molecule has 24 heavy (non-hydrogen) atoms. The summed E-state index contributed by atoms with van der Waals surface area (Å²) in [6.45, 7) is 2.62. The van der Waals surface area contributed by atoms with Crippen LogP contribution in [0.15, 0.2) is 33.1 Å². The topological polar surface area (TPSA) is 89.7 Å². The lowest BCUT2D eigenvalue weighted by molar-refractivity contribution is -0.149. The monoisotopic (exact) mass is 370 g/mol. The summed E-state index contributed by atoms with van der Waals surface area (Å²) in [6.07, 6.45) is 2.81. The molecular weight excluding hydrogens is 352 g/mol. The molecule has 7 nitrogen and oxygen atoms in total. The first-order valence-corrected chi connectivity index (χ1v) is 9.95. The van der Waals surface area contributed by atoms with Crippen LogP contribution >= 0.6 is 11.3 Å². The van der Waals surface area contributed by atoms with E-state index < -0.39 is 15.9 Å². The Bertz CT molecular complexity index is 798. The molecule has 0 aliphatic carbocycles. The molecule has 0 aromatic carbocycles.